The summed E-state index contributed by atoms with van der Waals surface area (Å²) in [7, 11) is 0. The molecule has 11 heteroatoms. The maximum absolute atomic E-state index is 12.1. The quantitative estimate of drug-likeness (QED) is 0.435. The number of benzene rings is 2. The number of carbonyl (C=O) groups excluding carboxylic acids is 1. The summed E-state index contributed by atoms with van der Waals surface area (Å²) in [6, 6.07) is 12.6. The van der Waals surface area contributed by atoms with E-state index in [1.54, 1.807) is 30.3 Å². The predicted octanol–water partition coefficient (Wildman–Crippen LogP) is 5.37. The van der Waals surface area contributed by atoms with Crippen LogP contribution in [0, 0.1) is 5.92 Å². The Balaban J connectivity index is 0.000000540. The number of alkyl halides is 3. The van der Waals surface area contributed by atoms with Crippen LogP contribution in [-0.2, 0) is 16.1 Å². The van der Waals surface area contributed by atoms with Gasteiger partial charge in [-0.3, -0.25) is 9.69 Å². The molecule has 0 unspecified atom stereocenters. The van der Waals surface area contributed by atoms with E-state index in [-0.39, 0.29) is 5.91 Å². The van der Waals surface area contributed by atoms with Crippen LogP contribution < -0.4 is 5.32 Å². The first-order valence-electron chi connectivity index (χ1n) is 10.7. The Kier molecular flexibility index (Phi) is 10.9. The number of nitrogens with one attached hydrogen (secondary N) is 1. The average Bonchev–Trinajstić information content (AvgIpc) is 2.80. The molecule has 2 aromatic rings. The Morgan fingerprint density at radius 3 is 2.20 bits per heavy atom. The van der Waals surface area contributed by atoms with Gasteiger partial charge < -0.3 is 15.5 Å². The molecule has 1 saturated heterocycles. The lowest BCUT2D eigenvalue weighted by atomic mass is 9.96. The molecular weight excluding hydrogens is 508 g/mol. The van der Waals surface area contributed by atoms with Crippen LogP contribution in [0.4, 0.5) is 13.2 Å². The number of carboxylic acid groups (broad SMARTS) is 1. The molecule has 190 valence electrons. The number of aliphatic carboxylic acids is 1. The Labute approximate surface area is 211 Å². The number of nitrogens with zero attached hydrogens (tertiary/aromatic N) is 1. The summed E-state index contributed by atoms with van der Waals surface area (Å²) in [5.74, 6) is -2.06. The number of aromatic hydroxyl groups is 1. The SMILES string of the molecule is O=C(/C=C/c1ccc(Cl)c(Cl)c1)NCC1CCN(Cc2ccc(O)cc2)CC1.O=C(O)C(F)(F)F. The molecule has 0 radical (unpaired) electrons. The zero-order chi connectivity index (χ0) is 26.0. The number of rotatable bonds is 6. The van der Waals surface area contributed by atoms with Crippen LogP contribution in [0.25, 0.3) is 6.08 Å². The molecule has 1 aliphatic rings. The monoisotopic (exact) mass is 532 g/mol. The highest BCUT2D eigenvalue weighted by Crippen LogP contribution is 2.23. The average molecular weight is 533 g/mol. The second kappa shape index (κ2) is 13.4. The number of piperidine rings is 1. The molecule has 3 rings (SSSR count). The van der Waals surface area contributed by atoms with Gasteiger partial charge in [-0.15, -0.1) is 0 Å². The Morgan fingerprint density at radius 1 is 1.06 bits per heavy atom. The summed E-state index contributed by atoms with van der Waals surface area (Å²) >= 11 is 11.9. The van der Waals surface area contributed by atoms with Gasteiger partial charge >= 0.3 is 12.1 Å². The van der Waals surface area contributed by atoms with Crippen molar-refractivity contribution in [2.45, 2.75) is 25.6 Å². The van der Waals surface area contributed by atoms with E-state index >= 15 is 0 Å². The fourth-order valence-corrected chi connectivity index (χ4v) is 3.61. The fourth-order valence-electron chi connectivity index (χ4n) is 3.30. The highest BCUT2D eigenvalue weighted by atomic mass is 35.5. The number of likely N-dealkylation sites (tertiary alicyclic amines) is 1. The van der Waals surface area contributed by atoms with Crippen molar-refractivity contribution < 1.29 is 33.0 Å². The van der Waals surface area contributed by atoms with E-state index in [4.69, 9.17) is 33.1 Å². The smallest absolute Gasteiger partial charge is 0.490 e. The summed E-state index contributed by atoms with van der Waals surface area (Å²) < 4.78 is 31.7. The molecule has 0 saturated carbocycles. The first kappa shape index (κ1) is 28.5. The number of carbonyl (C=O) groups is 2. The molecule has 1 aliphatic heterocycles. The zero-order valence-corrected chi connectivity index (χ0v) is 20.1. The minimum absolute atomic E-state index is 0.0994. The summed E-state index contributed by atoms with van der Waals surface area (Å²) in [6.45, 7) is 3.62. The van der Waals surface area contributed by atoms with E-state index in [1.165, 1.54) is 11.6 Å². The topological polar surface area (TPSA) is 89.9 Å². The van der Waals surface area contributed by atoms with Crippen molar-refractivity contribution in [3.05, 3.63) is 69.7 Å². The number of hydrogen-bond acceptors (Lipinski definition) is 4. The third kappa shape index (κ3) is 10.6. The second-order valence-electron chi connectivity index (χ2n) is 7.94. The van der Waals surface area contributed by atoms with Crippen LogP contribution in [0.1, 0.15) is 24.0 Å². The van der Waals surface area contributed by atoms with Crippen molar-refractivity contribution in [2.24, 2.45) is 5.92 Å². The van der Waals surface area contributed by atoms with Crippen molar-refractivity contribution in [2.75, 3.05) is 19.6 Å². The van der Waals surface area contributed by atoms with Crippen LogP contribution in [-0.4, -0.2) is 52.8 Å². The molecule has 0 spiro atoms. The van der Waals surface area contributed by atoms with Gasteiger partial charge in [0.1, 0.15) is 5.75 Å². The summed E-state index contributed by atoms with van der Waals surface area (Å²) in [5, 5.41) is 20.5. The zero-order valence-electron chi connectivity index (χ0n) is 18.6. The molecule has 1 amide bonds. The normalized spacial score (nSPS) is 14.9. The number of amides is 1. The molecule has 1 fully saturated rings. The van der Waals surface area contributed by atoms with Crippen molar-refractivity contribution in [3.63, 3.8) is 0 Å². The van der Waals surface area contributed by atoms with Gasteiger partial charge in [0.05, 0.1) is 10.0 Å². The van der Waals surface area contributed by atoms with E-state index in [1.807, 2.05) is 18.2 Å². The summed E-state index contributed by atoms with van der Waals surface area (Å²) in [5.41, 5.74) is 2.05. The maximum atomic E-state index is 12.1. The predicted molar refractivity (Wildman–Crippen MR) is 128 cm³/mol. The molecule has 2 aromatic carbocycles. The van der Waals surface area contributed by atoms with Gasteiger partial charge in [-0.1, -0.05) is 41.4 Å². The van der Waals surface area contributed by atoms with Crippen LogP contribution in [0.5, 0.6) is 5.75 Å². The van der Waals surface area contributed by atoms with Gasteiger partial charge in [0.2, 0.25) is 5.91 Å². The molecule has 1 heterocycles. The second-order valence-corrected chi connectivity index (χ2v) is 8.76. The van der Waals surface area contributed by atoms with Gasteiger partial charge in [0.25, 0.3) is 0 Å². The standard InChI is InChI=1S/C22H24Cl2N2O2.C2HF3O2/c23-20-7-3-16(13-21(20)24)4-8-22(28)25-14-17-9-11-26(12-10-17)15-18-1-5-19(27)6-2-18;3-2(4,5)1(6)7/h1-8,13,17,27H,9-12,14-15H2,(H,25,28);(H,6,7)/b8-4+;. The van der Waals surface area contributed by atoms with E-state index in [2.05, 4.69) is 10.2 Å². The third-order valence-corrected chi connectivity index (χ3v) is 5.97. The maximum Gasteiger partial charge on any atom is 0.490 e. The van der Waals surface area contributed by atoms with Gasteiger partial charge in [-0.05, 0) is 73.3 Å². The number of carboxylic acids is 1. The number of hydrogen-bond donors (Lipinski definition) is 3. The van der Waals surface area contributed by atoms with Crippen molar-refractivity contribution in [3.8, 4) is 5.75 Å². The van der Waals surface area contributed by atoms with Gasteiger partial charge in [0, 0.05) is 19.2 Å². The van der Waals surface area contributed by atoms with Gasteiger partial charge in [-0.25, -0.2) is 4.79 Å². The van der Waals surface area contributed by atoms with Gasteiger partial charge in [0.15, 0.2) is 0 Å². The molecule has 6 nitrogen and oxygen atoms in total. The van der Waals surface area contributed by atoms with Crippen molar-refractivity contribution >= 4 is 41.2 Å². The Bertz CT molecular complexity index is 1020. The Morgan fingerprint density at radius 2 is 1.66 bits per heavy atom. The molecule has 35 heavy (non-hydrogen) atoms. The molecule has 0 bridgehead atoms. The summed E-state index contributed by atoms with van der Waals surface area (Å²) in [6.07, 6.45) is 0.307. The highest BCUT2D eigenvalue weighted by Gasteiger charge is 2.38. The fraction of sp³-hybridized carbons (Fsp3) is 0.333. The largest absolute Gasteiger partial charge is 0.508 e. The number of phenols is 1. The van der Waals surface area contributed by atoms with E-state index in [0.717, 1.165) is 38.0 Å². The minimum atomic E-state index is -5.08. The van der Waals surface area contributed by atoms with Crippen LogP contribution >= 0.6 is 23.2 Å². The lowest BCUT2D eigenvalue weighted by Gasteiger charge is -2.32. The van der Waals surface area contributed by atoms with Crippen LogP contribution in [0.3, 0.4) is 0 Å². The molecule has 0 aromatic heterocycles. The van der Waals surface area contributed by atoms with Crippen molar-refractivity contribution in [1.29, 1.82) is 0 Å². The molecular formula is C24H25Cl2F3N2O4. The molecule has 0 atom stereocenters. The molecule has 3 N–H and O–H groups in total. The van der Waals surface area contributed by atoms with Crippen LogP contribution in [0.2, 0.25) is 10.0 Å². The summed E-state index contributed by atoms with van der Waals surface area (Å²) in [4.78, 5) is 23.4. The first-order chi connectivity index (χ1) is 16.4. The van der Waals surface area contributed by atoms with E-state index in [9.17, 15) is 23.1 Å². The number of halogens is 5. The molecule has 0 aliphatic carbocycles. The van der Waals surface area contributed by atoms with E-state index < -0.39 is 12.1 Å². The Hall–Kier alpha value is -2.75. The van der Waals surface area contributed by atoms with Crippen LogP contribution in [0.15, 0.2) is 48.5 Å². The lowest BCUT2D eigenvalue weighted by molar-refractivity contribution is -0.192. The van der Waals surface area contributed by atoms with E-state index in [0.29, 0.717) is 28.3 Å². The first-order valence-corrected chi connectivity index (χ1v) is 11.4. The minimum Gasteiger partial charge on any atom is -0.508 e. The van der Waals surface area contributed by atoms with Gasteiger partial charge in [-0.2, -0.15) is 13.2 Å². The lowest BCUT2D eigenvalue weighted by Crippen LogP contribution is -2.38. The third-order valence-electron chi connectivity index (χ3n) is 5.23. The number of phenolic OH excluding ortho intramolecular Hbond substituents is 1. The highest BCUT2D eigenvalue weighted by molar-refractivity contribution is 6.42. The van der Waals surface area contributed by atoms with Crippen molar-refractivity contribution in [1.82, 2.24) is 10.2 Å².